The predicted molar refractivity (Wildman–Crippen MR) is 38.9 cm³/mol. The van der Waals surface area contributed by atoms with Crippen LogP contribution in [0.3, 0.4) is 0 Å². The molecule has 0 saturated carbocycles. The maximum Gasteiger partial charge on any atom is 0.503 e. The van der Waals surface area contributed by atoms with E-state index in [2.05, 4.69) is 0 Å². The van der Waals surface area contributed by atoms with Gasteiger partial charge in [0.2, 0.25) is 0 Å². The molecule has 0 fully saturated rings. The van der Waals surface area contributed by atoms with Crippen LogP contribution >= 0.6 is 0 Å². The fourth-order valence-corrected chi connectivity index (χ4v) is 0.440. The molecule has 0 radical (unpaired) electrons. The molecule has 0 unspecified atom stereocenters. The fraction of sp³-hybridized carbons (Fsp3) is 0. The van der Waals surface area contributed by atoms with Crippen LogP contribution in [0.2, 0.25) is 0 Å². The molecule has 0 aromatic rings. The van der Waals surface area contributed by atoms with Crippen LogP contribution in [0.25, 0.3) is 0 Å². The van der Waals surface area contributed by atoms with Gasteiger partial charge in [-0.05, 0) is 24.3 Å². The Labute approximate surface area is 67.6 Å². The maximum absolute atomic E-state index is 10.3. The first-order chi connectivity index (χ1) is 5.52. The van der Waals surface area contributed by atoms with Gasteiger partial charge in [-0.2, -0.15) is 0 Å². The first-order valence-electron chi connectivity index (χ1n) is 2.88. The van der Waals surface area contributed by atoms with Gasteiger partial charge in [0.1, 0.15) is 0 Å². The topological polar surface area (TPSA) is 91.7 Å². The molecule has 5 nitrogen and oxygen atoms in total. The first kappa shape index (κ1) is 10.1. The van der Waals surface area contributed by atoms with Crippen molar-refractivity contribution in [2.45, 2.75) is 0 Å². The van der Waals surface area contributed by atoms with Gasteiger partial charge in [0.15, 0.2) is 11.6 Å². The van der Waals surface area contributed by atoms with Gasteiger partial charge in [-0.15, -0.1) is 0 Å². The summed E-state index contributed by atoms with van der Waals surface area (Å²) in [6.45, 7) is 0. The Bertz CT molecular complexity index is 219. The third-order valence-electron chi connectivity index (χ3n) is 0.824. The van der Waals surface area contributed by atoms with Crippen molar-refractivity contribution in [1.29, 1.82) is 0 Å². The largest absolute Gasteiger partial charge is 0.503 e. The van der Waals surface area contributed by atoms with Crippen molar-refractivity contribution in [3.8, 4) is 0 Å². The molecule has 0 heterocycles. The van der Waals surface area contributed by atoms with E-state index in [9.17, 15) is 9.59 Å². The van der Waals surface area contributed by atoms with E-state index in [1.165, 1.54) is 24.3 Å². The Hall–Kier alpha value is -1.91. The van der Waals surface area contributed by atoms with E-state index in [0.717, 1.165) is 0 Å². The fourth-order valence-electron chi connectivity index (χ4n) is 0.440. The molecule has 0 aliphatic heterocycles. The molecular formula is C7H6O5. The van der Waals surface area contributed by atoms with E-state index >= 15 is 0 Å². The van der Waals surface area contributed by atoms with Gasteiger partial charge in [-0.3, -0.25) is 9.59 Å². The Morgan fingerprint density at radius 3 is 1.25 bits per heavy atom. The highest BCUT2D eigenvalue weighted by molar-refractivity contribution is 6.14. The zero-order valence-electron chi connectivity index (χ0n) is 5.93. The van der Waals surface area contributed by atoms with Crippen molar-refractivity contribution in [1.82, 2.24) is 0 Å². The third kappa shape index (κ3) is 6.21. The summed E-state index contributed by atoms with van der Waals surface area (Å²) >= 11 is 0. The quantitative estimate of drug-likeness (QED) is 0.515. The molecule has 5 heteroatoms. The number of allylic oxidation sites excluding steroid dienone is 4. The van der Waals surface area contributed by atoms with E-state index in [4.69, 9.17) is 15.0 Å². The molecule has 0 amide bonds. The first-order valence-corrected chi connectivity index (χ1v) is 2.88. The third-order valence-corrected chi connectivity index (χ3v) is 0.824. The number of carboxylic acid groups (broad SMARTS) is 2. The van der Waals surface area contributed by atoms with Crippen LogP contribution in [0.15, 0.2) is 24.3 Å². The standard InChI is InChI=1S/C6H4O2.CH2O3/c7-5-1-2-6(8)4-3-5;2-1(3)4/h1-4H;(H2,2,3,4). The van der Waals surface area contributed by atoms with E-state index in [-0.39, 0.29) is 11.6 Å². The van der Waals surface area contributed by atoms with Gasteiger partial charge in [0, 0.05) is 0 Å². The molecule has 0 spiro atoms. The highest BCUT2D eigenvalue weighted by Crippen LogP contribution is 1.90. The van der Waals surface area contributed by atoms with Gasteiger partial charge in [-0.1, -0.05) is 0 Å². The van der Waals surface area contributed by atoms with Crippen molar-refractivity contribution in [2.75, 3.05) is 0 Å². The van der Waals surface area contributed by atoms with Crippen molar-refractivity contribution >= 4 is 17.7 Å². The maximum atomic E-state index is 10.3. The highest BCUT2D eigenvalue weighted by atomic mass is 16.6. The van der Waals surface area contributed by atoms with Gasteiger partial charge in [0.25, 0.3) is 0 Å². The highest BCUT2D eigenvalue weighted by Gasteiger charge is 1.97. The summed E-state index contributed by atoms with van der Waals surface area (Å²) in [4.78, 5) is 29.1. The molecule has 64 valence electrons. The lowest BCUT2D eigenvalue weighted by molar-refractivity contribution is -0.113. The second-order valence-corrected chi connectivity index (χ2v) is 1.75. The molecule has 1 aliphatic carbocycles. The van der Waals surface area contributed by atoms with Crippen LogP contribution in [0.1, 0.15) is 0 Å². The van der Waals surface area contributed by atoms with Gasteiger partial charge in [0.05, 0.1) is 0 Å². The number of rotatable bonds is 0. The summed E-state index contributed by atoms with van der Waals surface area (Å²) < 4.78 is 0. The average Bonchev–Trinajstić information content (AvgIpc) is 1.94. The van der Waals surface area contributed by atoms with E-state index in [1.807, 2.05) is 0 Å². The van der Waals surface area contributed by atoms with Crippen LogP contribution < -0.4 is 0 Å². The monoisotopic (exact) mass is 170 g/mol. The Morgan fingerprint density at radius 1 is 0.917 bits per heavy atom. The average molecular weight is 170 g/mol. The summed E-state index contributed by atoms with van der Waals surface area (Å²) in [5.74, 6) is -0.241. The number of ketones is 2. The van der Waals surface area contributed by atoms with Crippen molar-refractivity contribution in [3.63, 3.8) is 0 Å². The summed E-state index contributed by atoms with van der Waals surface area (Å²) in [5, 5.41) is 13.9. The molecular weight excluding hydrogens is 164 g/mol. The normalized spacial score (nSPS) is 13.7. The lowest BCUT2D eigenvalue weighted by atomic mass is 10.2. The zero-order valence-corrected chi connectivity index (χ0v) is 5.93. The molecule has 2 N–H and O–H groups in total. The molecule has 1 aliphatic rings. The van der Waals surface area contributed by atoms with Crippen LogP contribution in [0, 0.1) is 0 Å². The molecule has 0 bridgehead atoms. The molecule has 1 rings (SSSR count). The minimum Gasteiger partial charge on any atom is -0.450 e. The van der Waals surface area contributed by atoms with E-state index in [1.54, 1.807) is 0 Å². The van der Waals surface area contributed by atoms with Crippen LogP contribution in [-0.2, 0) is 9.59 Å². The minimum absolute atomic E-state index is 0.121. The summed E-state index contributed by atoms with van der Waals surface area (Å²) in [6, 6.07) is 0. The second-order valence-electron chi connectivity index (χ2n) is 1.75. The van der Waals surface area contributed by atoms with Gasteiger partial charge >= 0.3 is 6.16 Å². The Balaban J connectivity index is 0.000000261. The lowest BCUT2D eigenvalue weighted by Gasteiger charge is -1.87. The van der Waals surface area contributed by atoms with Crippen molar-refractivity contribution in [2.24, 2.45) is 0 Å². The summed E-state index contributed by atoms with van der Waals surface area (Å²) in [5.41, 5.74) is 0. The Kier molecular flexibility index (Phi) is 4.07. The van der Waals surface area contributed by atoms with E-state index in [0.29, 0.717) is 0 Å². The van der Waals surface area contributed by atoms with Crippen LogP contribution in [0.5, 0.6) is 0 Å². The molecule has 0 aromatic carbocycles. The Morgan fingerprint density at radius 2 is 1.08 bits per heavy atom. The SMILES string of the molecule is O=C(O)O.O=C1C=CC(=O)C=C1. The summed E-state index contributed by atoms with van der Waals surface area (Å²) in [6.07, 6.45) is 3.18. The lowest BCUT2D eigenvalue weighted by Crippen LogP contribution is -1.97. The summed E-state index contributed by atoms with van der Waals surface area (Å²) in [7, 11) is 0. The van der Waals surface area contributed by atoms with Crippen molar-refractivity contribution < 1.29 is 24.6 Å². The number of hydrogen-bond donors (Lipinski definition) is 2. The minimum atomic E-state index is -1.83. The molecule has 12 heavy (non-hydrogen) atoms. The molecule has 0 saturated heterocycles. The smallest absolute Gasteiger partial charge is 0.450 e. The second kappa shape index (κ2) is 4.84. The van der Waals surface area contributed by atoms with Crippen LogP contribution in [0.4, 0.5) is 4.79 Å². The number of carbonyl (C=O) groups excluding carboxylic acids is 2. The number of carbonyl (C=O) groups is 3. The molecule has 0 atom stereocenters. The predicted octanol–water partition coefficient (Wildman–Crippen LogP) is 0.473. The van der Waals surface area contributed by atoms with Crippen LogP contribution in [-0.4, -0.2) is 27.9 Å². The van der Waals surface area contributed by atoms with Crippen molar-refractivity contribution in [3.05, 3.63) is 24.3 Å². The number of hydrogen-bond acceptors (Lipinski definition) is 3. The molecule has 0 aromatic heterocycles. The van der Waals surface area contributed by atoms with E-state index < -0.39 is 6.16 Å². The van der Waals surface area contributed by atoms with Gasteiger partial charge < -0.3 is 10.2 Å². The zero-order chi connectivity index (χ0) is 9.56. The van der Waals surface area contributed by atoms with Gasteiger partial charge in [-0.25, -0.2) is 4.79 Å².